The van der Waals surface area contributed by atoms with Gasteiger partial charge in [0.25, 0.3) is 0 Å². The Bertz CT molecular complexity index is 575. The van der Waals surface area contributed by atoms with Gasteiger partial charge in [-0.3, -0.25) is 0 Å². The van der Waals surface area contributed by atoms with Gasteiger partial charge in [0.1, 0.15) is 0 Å². The molecule has 0 saturated heterocycles. The van der Waals surface area contributed by atoms with E-state index in [4.69, 9.17) is 4.42 Å². The van der Waals surface area contributed by atoms with Gasteiger partial charge < -0.3 is 14.6 Å². The van der Waals surface area contributed by atoms with Crippen LogP contribution < -0.4 is 5.32 Å². The number of hydrogen-bond acceptors (Lipinski definition) is 4. The van der Waals surface area contributed by atoms with Crippen LogP contribution in [0.2, 0.25) is 0 Å². The Hall–Kier alpha value is -2.37. The minimum absolute atomic E-state index is 0.136. The lowest BCUT2D eigenvalue weighted by molar-refractivity contribution is 0.217. The number of hydrogen-bond donors (Lipinski definition) is 1. The normalized spacial score (nSPS) is 10.3. The number of carbonyl (C=O) groups is 1. The summed E-state index contributed by atoms with van der Waals surface area (Å²) in [6, 6.07) is 7.75. The Morgan fingerprint density at radius 3 is 2.60 bits per heavy atom. The van der Waals surface area contributed by atoms with Crippen LogP contribution in [0, 0.1) is 6.92 Å². The van der Waals surface area contributed by atoms with Crippen LogP contribution in [-0.2, 0) is 6.42 Å². The first-order valence-corrected chi connectivity index (χ1v) is 6.41. The molecule has 6 nitrogen and oxygen atoms in total. The molecule has 0 radical (unpaired) electrons. The van der Waals surface area contributed by atoms with Gasteiger partial charge in [-0.2, -0.15) is 0 Å². The van der Waals surface area contributed by atoms with E-state index in [-0.39, 0.29) is 6.03 Å². The first-order chi connectivity index (χ1) is 9.56. The van der Waals surface area contributed by atoms with Crippen molar-refractivity contribution in [1.82, 2.24) is 20.4 Å². The SMILES string of the molecule is Cc1ccc(-c2nnc(CCNC(=O)N(C)C)o2)cc1. The van der Waals surface area contributed by atoms with Crippen LogP contribution in [0.15, 0.2) is 28.7 Å². The van der Waals surface area contributed by atoms with Crippen molar-refractivity contribution >= 4 is 6.03 Å². The van der Waals surface area contributed by atoms with Crippen molar-refractivity contribution in [1.29, 1.82) is 0 Å². The molecular formula is C14H18N4O2. The molecule has 0 spiro atoms. The second-order valence-corrected chi connectivity index (χ2v) is 4.74. The van der Waals surface area contributed by atoms with E-state index >= 15 is 0 Å². The molecule has 1 aromatic heterocycles. The molecule has 0 atom stereocenters. The molecule has 0 fully saturated rings. The molecule has 2 amide bonds. The number of carbonyl (C=O) groups excluding carboxylic acids is 1. The predicted molar refractivity (Wildman–Crippen MR) is 75.3 cm³/mol. The van der Waals surface area contributed by atoms with Gasteiger partial charge in [-0.25, -0.2) is 4.79 Å². The fourth-order valence-corrected chi connectivity index (χ4v) is 1.60. The average Bonchev–Trinajstić information content (AvgIpc) is 2.88. The lowest BCUT2D eigenvalue weighted by atomic mass is 10.1. The summed E-state index contributed by atoms with van der Waals surface area (Å²) in [4.78, 5) is 12.8. The van der Waals surface area contributed by atoms with Crippen LogP contribution >= 0.6 is 0 Å². The Kier molecular flexibility index (Phi) is 4.34. The van der Waals surface area contributed by atoms with Crippen LogP contribution in [-0.4, -0.2) is 41.8 Å². The van der Waals surface area contributed by atoms with Crippen molar-refractivity contribution < 1.29 is 9.21 Å². The van der Waals surface area contributed by atoms with Crippen molar-refractivity contribution in [2.45, 2.75) is 13.3 Å². The molecule has 0 bridgehead atoms. The summed E-state index contributed by atoms with van der Waals surface area (Å²) in [6.07, 6.45) is 0.512. The zero-order valence-corrected chi connectivity index (χ0v) is 11.9. The minimum Gasteiger partial charge on any atom is -0.421 e. The van der Waals surface area contributed by atoms with Gasteiger partial charge in [0.15, 0.2) is 0 Å². The molecule has 0 saturated carbocycles. The highest BCUT2D eigenvalue weighted by Gasteiger charge is 2.09. The predicted octanol–water partition coefficient (Wildman–Crippen LogP) is 1.86. The zero-order valence-electron chi connectivity index (χ0n) is 11.9. The average molecular weight is 274 g/mol. The van der Waals surface area contributed by atoms with Crippen molar-refractivity contribution in [2.75, 3.05) is 20.6 Å². The van der Waals surface area contributed by atoms with Crippen molar-refractivity contribution in [2.24, 2.45) is 0 Å². The molecule has 106 valence electrons. The van der Waals surface area contributed by atoms with E-state index in [9.17, 15) is 4.79 Å². The van der Waals surface area contributed by atoms with E-state index in [1.165, 1.54) is 10.5 Å². The van der Waals surface area contributed by atoms with Crippen LogP contribution in [0.25, 0.3) is 11.5 Å². The summed E-state index contributed by atoms with van der Waals surface area (Å²) in [7, 11) is 3.38. The third kappa shape index (κ3) is 3.57. The molecule has 1 aromatic carbocycles. The number of rotatable bonds is 4. The molecule has 1 N–H and O–H groups in total. The molecule has 6 heteroatoms. The maximum atomic E-state index is 11.3. The Labute approximate surface area is 117 Å². The second kappa shape index (κ2) is 6.18. The quantitative estimate of drug-likeness (QED) is 0.923. The van der Waals surface area contributed by atoms with E-state index in [0.29, 0.717) is 24.7 Å². The molecule has 2 rings (SSSR count). The molecule has 0 aliphatic rings. The first-order valence-electron chi connectivity index (χ1n) is 6.41. The number of benzene rings is 1. The molecule has 0 unspecified atom stereocenters. The minimum atomic E-state index is -0.136. The molecule has 2 aromatic rings. The van der Waals surface area contributed by atoms with E-state index in [1.54, 1.807) is 14.1 Å². The van der Waals surface area contributed by atoms with Crippen molar-refractivity contribution in [3.8, 4) is 11.5 Å². The van der Waals surface area contributed by atoms with Gasteiger partial charge in [0, 0.05) is 32.6 Å². The summed E-state index contributed by atoms with van der Waals surface area (Å²) < 4.78 is 5.56. The Morgan fingerprint density at radius 1 is 1.25 bits per heavy atom. The maximum absolute atomic E-state index is 11.3. The van der Waals surface area contributed by atoms with Crippen LogP contribution in [0.1, 0.15) is 11.5 Å². The van der Waals surface area contributed by atoms with E-state index in [0.717, 1.165) is 5.56 Å². The summed E-state index contributed by atoms with van der Waals surface area (Å²) in [5.41, 5.74) is 2.08. The Balaban J connectivity index is 1.92. The van der Waals surface area contributed by atoms with E-state index < -0.39 is 0 Å². The summed E-state index contributed by atoms with van der Waals surface area (Å²) in [5.74, 6) is 1.01. The summed E-state index contributed by atoms with van der Waals surface area (Å²) in [6.45, 7) is 2.49. The topological polar surface area (TPSA) is 71.3 Å². The summed E-state index contributed by atoms with van der Waals surface area (Å²) >= 11 is 0. The Morgan fingerprint density at radius 2 is 1.95 bits per heavy atom. The standard InChI is InChI=1S/C14H18N4O2/c1-10-4-6-11(7-5-10)13-17-16-12(20-13)8-9-15-14(19)18(2)3/h4-7H,8-9H2,1-3H3,(H,15,19). The number of aryl methyl sites for hydroxylation is 1. The number of aromatic nitrogens is 2. The van der Waals surface area contributed by atoms with Gasteiger partial charge in [-0.1, -0.05) is 17.7 Å². The van der Waals surface area contributed by atoms with Crippen LogP contribution in [0.3, 0.4) is 0 Å². The second-order valence-electron chi connectivity index (χ2n) is 4.74. The third-order valence-electron chi connectivity index (χ3n) is 2.79. The maximum Gasteiger partial charge on any atom is 0.316 e. The van der Waals surface area contributed by atoms with Crippen LogP contribution in [0.5, 0.6) is 0 Å². The summed E-state index contributed by atoms with van der Waals surface area (Å²) in [5, 5.41) is 10.7. The number of nitrogens with one attached hydrogen (secondary N) is 1. The lowest BCUT2D eigenvalue weighted by Gasteiger charge is -2.10. The number of amides is 2. The highest BCUT2D eigenvalue weighted by Crippen LogP contribution is 2.18. The van der Waals surface area contributed by atoms with Crippen molar-refractivity contribution in [3.05, 3.63) is 35.7 Å². The molecule has 20 heavy (non-hydrogen) atoms. The fraction of sp³-hybridized carbons (Fsp3) is 0.357. The molecule has 0 aliphatic heterocycles. The monoisotopic (exact) mass is 274 g/mol. The smallest absolute Gasteiger partial charge is 0.316 e. The van der Waals surface area contributed by atoms with Crippen molar-refractivity contribution in [3.63, 3.8) is 0 Å². The zero-order chi connectivity index (χ0) is 14.5. The van der Waals surface area contributed by atoms with E-state index in [2.05, 4.69) is 15.5 Å². The molecule has 1 heterocycles. The van der Waals surface area contributed by atoms with Crippen LogP contribution in [0.4, 0.5) is 4.79 Å². The fourth-order valence-electron chi connectivity index (χ4n) is 1.60. The first kappa shape index (κ1) is 14.0. The van der Waals surface area contributed by atoms with Gasteiger partial charge in [-0.05, 0) is 19.1 Å². The highest BCUT2D eigenvalue weighted by atomic mass is 16.4. The lowest BCUT2D eigenvalue weighted by Crippen LogP contribution is -2.35. The number of nitrogens with zero attached hydrogens (tertiary/aromatic N) is 3. The van der Waals surface area contributed by atoms with Gasteiger partial charge in [-0.15, -0.1) is 10.2 Å². The largest absolute Gasteiger partial charge is 0.421 e. The van der Waals surface area contributed by atoms with E-state index in [1.807, 2.05) is 31.2 Å². The van der Waals surface area contributed by atoms with Gasteiger partial charge in [0.2, 0.25) is 11.8 Å². The van der Waals surface area contributed by atoms with Gasteiger partial charge >= 0.3 is 6.03 Å². The molecular weight excluding hydrogens is 256 g/mol. The number of urea groups is 1. The molecule has 0 aliphatic carbocycles. The highest BCUT2D eigenvalue weighted by molar-refractivity contribution is 5.73. The van der Waals surface area contributed by atoms with Gasteiger partial charge in [0.05, 0.1) is 0 Å². The third-order valence-corrected chi connectivity index (χ3v) is 2.79.